The number of thioether (sulfide) groups is 1. The fraction of sp³-hybridized carbons (Fsp3) is 0.222. The van der Waals surface area contributed by atoms with Crippen LogP contribution in [0.2, 0.25) is 0 Å². The van der Waals surface area contributed by atoms with Crippen molar-refractivity contribution in [3.63, 3.8) is 0 Å². The molecule has 7 heteroatoms. The lowest BCUT2D eigenvalue weighted by atomic mass is 9.91. The van der Waals surface area contributed by atoms with Crippen LogP contribution in [-0.4, -0.2) is 40.8 Å². The SMILES string of the molecule is CSc1ccc2c3c(cccc13)C(=O)N(C1CCC(=O)NC1=O)C2=O. The molecule has 2 aliphatic heterocycles. The smallest absolute Gasteiger partial charge is 0.262 e. The van der Waals surface area contributed by atoms with E-state index in [1.807, 2.05) is 18.4 Å². The van der Waals surface area contributed by atoms with E-state index in [9.17, 15) is 19.2 Å². The lowest BCUT2D eigenvalue weighted by Crippen LogP contribution is -2.57. The van der Waals surface area contributed by atoms with E-state index >= 15 is 0 Å². The molecule has 2 heterocycles. The number of carbonyl (C=O) groups is 4. The Morgan fingerprint density at radius 2 is 1.76 bits per heavy atom. The molecule has 4 amide bonds. The predicted octanol–water partition coefficient (Wildman–Crippen LogP) is 1.96. The first-order valence-electron chi connectivity index (χ1n) is 7.84. The molecular formula is C18H14N2O4S. The molecule has 0 aromatic heterocycles. The molecule has 1 unspecified atom stereocenters. The number of amides is 4. The minimum Gasteiger partial charge on any atom is -0.295 e. The van der Waals surface area contributed by atoms with Crippen LogP contribution >= 0.6 is 11.8 Å². The summed E-state index contributed by atoms with van der Waals surface area (Å²) in [6, 6.07) is 7.92. The highest BCUT2D eigenvalue weighted by Gasteiger charge is 2.42. The molecule has 0 bridgehead atoms. The third-order valence-electron chi connectivity index (χ3n) is 4.64. The van der Waals surface area contributed by atoms with Crippen LogP contribution in [0.4, 0.5) is 0 Å². The number of nitrogens with zero attached hydrogens (tertiary/aromatic N) is 1. The van der Waals surface area contributed by atoms with Crippen molar-refractivity contribution in [3.05, 3.63) is 41.5 Å². The first-order chi connectivity index (χ1) is 12.0. The van der Waals surface area contributed by atoms with E-state index in [2.05, 4.69) is 5.32 Å². The molecule has 0 spiro atoms. The number of nitrogens with one attached hydrogen (secondary N) is 1. The number of imide groups is 2. The first kappa shape index (κ1) is 15.8. The van der Waals surface area contributed by atoms with Gasteiger partial charge in [-0.1, -0.05) is 12.1 Å². The Morgan fingerprint density at radius 1 is 1.04 bits per heavy atom. The topological polar surface area (TPSA) is 83.6 Å². The second-order valence-corrected chi connectivity index (χ2v) is 6.84. The summed E-state index contributed by atoms with van der Waals surface area (Å²) < 4.78 is 0. The molecule has 0 saturated carbocycles. The summed E-state index contributed by atoms with van der Waals surface area (Å²) in [7, 11) is 0. The fourth-order valence-corrected chi connectivity index (χ4v) is 4.07. The number of carbonyl (C=O) groups excluding carboxylic acids is 4. The monoisotopic (exact) mass is 354 g/mol. The van der Waals surface area contributed by atoms with E-state index in [4.69, 9.17) is 0 Å². The molecule has 1 fully saturated rings. The Hall–Kier alpha value is -2.67. The third-order valence-corrected chi connectivity index (χ3v) is 5.44. The van der Waals surface area contributed by atoms with Crippen LogP contribution in [0, 0.1) is 0 Å². The van der Waals surface area contributed by atoms with E-state index in [-0.39, 0.29) is 18.7 Å². The van der Waals surface area contributed by atoms with Crippen molar-refractivity contribution in [3.8, 4) is 0 Å². The average Bonchev–Trinajstić information content (AvgIpc) is 2.61. The largest absolute Gasteiger partial charge is 0.295 e. The molecule has 2 aromatic carbocycles. The summed E-state index contributed by atoms with van der Waals surface area (Å²) in [6.07, 6.45) is 2.19. The third kappa shape index (κ3) is 2.26. The molecule has 0 aliphatic carbocycles. The molecule has 126 valence electrons. The number of piperidine rings is 1. The fourth-order valence-electron chi connectivity index (χ4n) is 3.48. The standard InChI is InChI=1S/C18H14N2O4S/c1-25-13-7-5-11-15-9(13)3-2-4-10(15)17(23)20(18(11)24)12-6-8-14(21)19-16(12)22/h2-5,7,12H,6,8H2,1H3,(H,19,21,22). The van der Waals surface area contributed by atoms with Crippen LogP contribution in [-0.2, 0) is 9.59 Å². The van der Waals surface area contributed by atoms with E-state index in [0.717, 1.165) is 15.2 Å². The Kier molecular flexibility index (Phi) is 3.61. The molecule has 0 radical (unpaired) electrons. The molecule has 4 rings (SSSR count). The second kappa shape index (κ2) is 5.70. The van der Waals surface area contributed by atoms with Gasteiger partial charge in [0, 0.05) is 27.8 Å². The quantitative estimate of drug-likeness (QED) is 0.658. The zero-order valence-corrected chi connectivity index (χ0v) is 14.2. The highest BCUT2D eigenvalue weighted by molar-refractivity contribution is 7.98. The summed E-state index contributed by atoms with van der Waals surface area (Å²) in [5, 5.41) is 3.69. The van der Waals surface area contributed by atoms with Gasteiger partial charge in [0.15, 0.2) is 0 Å². The summed E-state index contributed by atoms with van der Waals surface area (Å²) >= 11 is 1.54. The Balaban J connectivity index is 1.88. The van der Waals surface area contributed by atoms with Crippen LogP contribution in [0.15, 0.2) is 35.2 Å². The Labute approximate surface area is 147 Å². The predicted molar refractivity (Wildman–Crippen MR) is 92.4 cm³/mol. The molecule has 1 atom stereocenters. The normalized spacial score (nSPS) is 20.2. The summed E-state index contributed by atoms with van der Waals surface area (Å²) in [6.45, 7) is 0. The molecule has 2 aromatic rings. The lowest BCUT2D eigenvalue weighted by molar-refractivity contribution is -0.136. The van der Waals surface area contributed by atoms with Crippen LogP contribution in [0.25, 0.3) is 10.8 Å². The number of rotatable bonds is 2. The van der Waals surface area contributed by atoms with Crippen molar-refractivity contribution >= 4 is 46.2 Å². The minimum atomic E-state index is -0.957. The molecule has 2 aliphatic rings. The summed E-state index contributed by atoms with van der Waals surface area (Å²) in [5.74, 6) is -1.97. The minimum absolute atomic E-state index is 0.107. The lowest BCUT2D eigenvalue weighted by Gasteiger charge is -2.34. The van der Waals surface area contributed by atoms with Crippen molar-refractivity contribution in [2.75, 3.05) is 6.26 Å². The van der Waals surface area contributed by atoms with Crippen LogP contribution in [0.3, 0.4) is 0 Å². The molecule has 25 heavy (non-hydrogen) atoms. The Morgan fingerprint density at radius 3 is 2.44 bits per heavy atom. The van der Waals surface area contributed by atoms with Gasteiger partial charge in [0.25, 0.3) is 11.8 Å². The van der Waals surface area contributed by atoms with Crippen molar-refractivity contribution in [1.82, 2.24) is 10.2 Å². The van der Waals surface area contributed by atoms with Gasteiger partial charge in [0.2, 0.25) is 11.8 Å². The number of benzene rings is 2. The maximum absolute atomic E-state index is 13.0. The van der Waals surface area contributed by atoms with Gasteiger partial charge in [-0.15, -0.1) is 11.8 Å². The van der Waals surface area contributed by atoms with Crippen molar-refractivity contribution in [2.24, 2.45) is 0 Å². The average molecular weight is 354 g/mol. The number of hydrogen-bond donors (Lipinski definition) is 1. The van der Waals surface area contributed by atoms with Gasteiger partial charge in [-0.25, -0.2) is 0 Å². The van der Waals surface area contributed by atoms with Gasteiger partial charge >= 0.3 is 0 Å². The first-order valence-corrected chi connectivity index (χ1v) is 9.06. The maximum atomic E-state index is 13.0. The van der Waals surface area contributed by atoms with E-state index in [0.29, 0.717) is 16.5 Å². The van der Waals surface area contributed by atoms with Gasteiger partial charge in [0.1, 0.15) is 6.04 Å². The van der Waals surface area contributed by atoms with Crippen molar-refractivity contribution in [2.45, 2.75) is 23.8 Å². The van der Waals surface area contributed by atoms with Crippen LogP contribution in [0.1, 0.15) is 33.6 Å². The zero-order valence-electron chi connectivity index (χ0n) is 13.4. The zero-order chi connectivity index (χ0) is 17.7. The maximum Gasteiger partial charge on any atom is 0.262 e. The van der Waals surface area contributed by atoms with Gasteiger partial charge in [-0.05, 0) is 36.3 Å². The highest BCUT2D eigenvalue weighted by Crippen LogP contribution is 2.36. The molecule has 1 N–H and O–H groups in total. The van der Waals surface area contributed by atoms with Gasteiger partial charge in [-0.3, -0.25) is 29.4 Å². The van der Waals surface area contributed by atoms with Crippen molar-refractivity contribution in [1.29, 1.82) is 0 Å². The Bertz CT molecular complexity index is 947. The molecular weight excluding hydrogens is 340 g/mol. The van der Waals surface area contributed by atoms with Crippen LogP contribution in [0.5, 0.6) is 0 Å². The summed E-state index contributed by atoms with van der Waals surface area (Å²) in [5.41, 5.74) is 0.820. The molecule has 1 saturated heterocycles. The van der Waals surface area contributed by atoms with Gasteiger partial charge < -0.3 is 0 Å². The van der Waals surface area contributed by atoms with Gasteiger partial charge in [0.05, 0.1) is 0 Å². The highest BCUT2D eigenvalue weighted by atomic mass is 32.2. The second-order valence-electron chi connectivity index (χ2n) is 5.99. The van der Waals surface area contributed by atoms with E-state index in [1.165, 1.54) is 0 Å². The molecule has 6 nitrogen and oxygen atoms in total. The van der Waals surface area contributed by atoms with E-state index in [1.54, 1.807) is 30.0 Å². The van der Waals surface area contributed by atoms with Crippen LogP contribution < -0.4 is 5.32 Å². The van der Waals surface area contributed by atoms with Crippen molar-refractivity contribution < 1.29 is 19.2 Å². The van der Waals surface area contributed by atoms with Gasteiger partial charge in [-0.2, -0.15) is 0 Å². The van der Waals surface area contributed by atoms with E-state index < -0.39 is 23.8 Å². The number of hydrogen-bond acceptors (Lipinski definition) is 5. The summed E-state index contributed by atoms with van der Waals surface area (Å²) in [4.78, 5) is 51.5.